The fourth-order valence-corrected chi connectivity index (χ4v) is 12.1. The third-order valence-electron chi connectivity index (χ3n) is 15.3. The molecule has 0 aromatic carbocycles. The van der Waals surface area contributed by atoms with Crippen molar-refractivity contribution < 1.29 is 107 Å². The Morgan fingerprint density at radius 2 is 1.44 bits per heavy atom. The van der Waals surface area contributed by atoms with Crippen LogP contribution in [0.3, 0.4) is 0 Å². The predicted octanol–water partition coefficient (Wildman–Crippen LogP) is -7.71. The van der Waals surface area contributed by atoms with Crippen LogP contribution in [0.2, 0.25) is 0 Å². The summed E-state index contributed by atoms with van der Waals surface area (Å²) in [4.78, 5) is 131. The number of nitrogens with zero attached hydrogens (tertiary/aromatic N) is 5. The van der Waals surface area contributed by atoms with E-state index >= 15 is 4.79 Å². The van der Waals surface area contributed by atoms with Gasteiger partial charge in [0, 0.05) is 55.2 Å². The number of rotatable bonds is 35. The Morgan fingerprint density at radius 3 is 2.04 bits per heavy atom. The van der Waals surface area contributed by atoms with E-state index in [-0.39, 0.29) is 64.9 Å². The molecule has 2 saturated heterocycles. The lowest BCUT2D eigenvalue weighted by atomic mass is 9.96. The van der Waals surface area contributed by atoms with Crippen LogP contribution in [0.4, 0.5) is 10.6 Å². The number of aromatic amines is 1. The van der Waals surface area contributed by atoms with E-state index < -0.39 is 194 Å². The highest BCUT2D eigenvalue weighted by Crippen LogP contribution is 2.35. The molecule has 39 nitrogen and oxygen atoms in total. The molecule has 0 saturated carbocycles. The van der Waals surface area contributed by atoms with E-state index in [2.05, 4.69) is 74.3 Å². The predicted molar refractivity (Wildman–Crippen MR) is 359 cm³/mol. The zero-order chi connectivity index (χ0) is 74.6. The number of aliphatic hydroxyl groups excluding tert-OH is 8. The van der Waals surface area contributed by atoms with Gasteiger partial charge >= 0.3 is 6.09 Å². The van der Waals surface area contributed by atoms with E-state index in [1.54, 1.807) is 23.3 Å². The number of aromatic nitrogens is 6. The van der Waals surface area contributed by atoms with E-state index in [9.17, 15) is 79.0 Å². The largest absolute Gasteiger partial charge is 0.617 e. The van der Waals surface area contributed by atoms with Crippen LogP contribution in [-0.2, 0) is 76.1 Å². The molecular formula is C57H90N17O22S4+. The summed E-state index contributed by atoms with van der Waals surface area (Å²) in [5.74, 6) is -7.69. The number of hydrogen-bond acceptors (Lipinski definition) is 32. The number of primary amides is 3. The number of nitrogen functional groups attached to an aromatic ring is 1. The fraction of sp³-hybridized carbons (Fsp3) is 0.632. The van der Waals surface area contributed by atoms with Gasteiger partial charge in [0.15, 0.2) is 18.7 Å². The van der Waals surface area contributed by atoms with Gasteiger partial charge in [-0.2, -0.15) is 0 Å². The Bertz CT molecular complexity index is 3340. The highest BCUT2D eigenvalue weighted by Gasteiger charge is 2.54. The van der Waals surface area contributed by atoms with Crippen LogP contribution < -0.4 is 60.6 Å². The van der Waals surface area contributed by atoms with Crippen molar-refractivity contribution in [1.82, 2.24) is 61.8 Å². The van der Waals surface area contributed by atoms with E-state index in [4.69, 9.17) is 52.4 Å². The summed E-state index contributed by atoms with van der Waals surface area (Å²) in [5, 5.41) is 108. The Hall–Kier alpha value is -6.99. The van der Waals surface area contributed by atoms with Gasteiger partial charge in [-0.25, -0.2) is 29.7 Å². The normalized spacial score (nSPS) is 23.4. The topological polar surface area (TPSA) is 650 Å². The van der Waals surface area contributed by atoms with E-state index in [1.165, 1.54) is 50.4 Å². The van der Waals surface area contributed by atoms with Crippen molar-refractivity contribution >= 4 is 98.0 Å². The number of carbonyl (C=O) groups is 8. The van der Waals surface area contributed by atoms with Crippen molar-refractivity contribution in [3.05, 3.63) is 56.8 Å². The van der Waals surface area contributed by atoms with Gasteiger partial charge in [0.05, 0.1) is 97.7 Å². The standard InChI is InChI=1S/C55H83N17O21S3.C2H6OS/c1-20-33(69-46(72-44(20)58)25(12-31(57)76)64-13-24(56)45(59)82)50(86)71-35(41(26-14-61-19-65-26)91-54-43(39(80)37(78)29(15-73)90-54)92-53-40(81)42(93-55(60)88)38(79)30(16-74)89-53)51(87)66-22(3)36(77)21(2)47(83)70-34(23(4)75)49(85)63-10-8-32-67-28(18-94-32)52-68-27(17-95-52)48(84)62-9-7-11-96(5)6;1-4(2)3/h14,17-19,21-25,29-30,34-43,53-54,64,73-75,77-81H,7-13,15-16,56H2,1-6H3,(H13-,57,58,59,60,61,62,63,65,66,69,70,71,72,76,82,83,84,85,86,87,88);1-2H3/p+1/t21-,22+,23+,24-,25-,29-,30+,34-,35-,36-,37+,38+,39-,40-,41-,42-,43-,53+,54-;/m0./s1. The SMILES string of the molecule is C[S+](C)[O-].Cc1c(N)nc([C@H](CC(N)=O)NC[C@H](N)C(N)=O)nc1C(=O)N[C@H](C(=O)N[C@H](C)[C@@H](O)[C@H](C)C(=O)N[C@H](C(=O)NCCc1nc(-c2nc(C(=O)NCCC[S+](C)C)cs2)cs1)[C@@H](C)O)[C@@H](O[C@@H]1O[C@@H](CO)[C@@H](O)[C@H](O)[C@@H]1O[C@H]1O[C@H](CO)[C@@H](O)[C@H](OC(N)=O)[C@@H]1O)c1cnc[nH]1. The molecule has 100 heavy (non-hydrogen) atoms. The number of nitrogens with two attached hydrogens (primary N) is 5. The van der Waals surface area contributed by atoms with E-state index in [1.807, 2.05) is 0 Å². The monoisotopic (exact) mass is 1490 g/mol. The molecule has 0 unspecified atom stereocenters. The van der Waals surface area contributed by atoms with Gasteiger partial charge in [-0.05, 0) is 31.7 Å². The zero-order valence-electron chi connectivity index (χ0n) is 55.7. The van der Waals surface area contributed by atoms with Crippen LogP contribution in [0, 0.1) is 12.8 Å². The molecule has 4 aromatic rings. The molecule has 25 N–H and O–H groups in total. The second kappa shape index (κ2) is 39.4. The highest BCUT2D eigenvalue weighted by atomic mass is 32.2. The van der Waals surface area contributed by atoms with E-state index in [0.29, 0.717) is 22.3 Å². The van der Waals surface area contributed by atoms with E-state index in [0.717, 1.165) is 24.7 Å². The van der Waals surface area contributed by atoms with Crippen molar-refractivity contribution in [3.8, 4) is 10.7 Å². The molecule has 0 spiro atoms. The maximum atomic E-state index is 15.2. The molecule has 0 aliphatic carbocycles. The minimum Gasteiger partial charge on any atom is -0.617 e. The molecular weight excluding hydrogens is 1400 g/mol. The number of ether oxygens (including phenoxy) is 5. The lowest BCUT2D eigenvalue weighted by Gasteiger charge is -2.47. The fourth-order valence-electron chi connectivity index (χ4n) is 9.80. The molecule has 4 aromatic heterocycles. The van der Waals surface area contributed by atoms with Crippen molar-refractivity contribution in [2.75, 3.05) is 69.4 Å². The molecule has 2 aliphatic rings. The first-order chi connectivity index (χ1) is 47.1. The van der Waals surface area contributed by atoms with Crippen molar-refractivity contribution in [3.63, 3.8) is 0 Å². The van der Waals surface area contributed by atoms with Gasteiger partial charge in [-0.15, -0.1) is 22.7 Å². The number of amides is 8. The zero-order valence-corrected chi connectivity index (χ0v) is 59.0. The van der Waals surface area contributed by atoms with Crippen molar-refractivity contribution in [2.45, 2.75) is 157 Å². The lowest BCUT2D eigenvalue weighted by molar-refractivity contribution is -0.372. The Morgan fingerprint density at radius 1 is 0.780 bits per heavy atom. The first kappa shape index (κ1) is 83.7. The number of thiazole rings is 2. The number of carbonyl (C=O) groups excluding carboxylic acids is 8. The van der Waals surface area contributed by atoms with Gasteiger partial charge in [0.2, 0.25) is 29.5 Å². The Labute approximate surface area is 587 Å². The molecule has 558 valence electrons. The number of aliphatic hydroxyl groups is 8. The van der Waals surface area contributed by atoms with Gasteiger partial charge in [0.25, 0.3) is 11.8 Å². The molecule has 8 amide bonds. The quantitative estimate of drug-likeness (QED) is 0.0150. The third kappa shape index (κ3) is 23.8. The minimum atomic E-state index is -2.20. The first-order valence-corrected chi connectivity index (χ1v) is 36.8. The summed E-state index contributed by atoms with van der Waals surface area (Å²) in [6.45, 7) is 3.18. The number of H-pyrrole nitrogens is 1. The van der Waals surface area contributed by atoms with Gasteiger partial charge in [0.1, 0.15) is 100 Å². The van der Waals surface area contributed by atoms with Gasteiger partial charge in [-0.3, -0.25) is 33.6 Å². The number of anilines is 1. The second-order valence-electron chi connectivity index (χ2n) is 23.6. The first-order valence-electron chi connectivity index (χ1n) is 30.8. The van der Waals surface area contributed by atoms with Gasteiger partial charge in [-0.1, -0.05) is 18.1 Å². The van der Waals surface area contributed by atoms with Crippen LogP contribution in [0.25, 0.3) is 10.7 Å². The molecule has 0 radical (unpaired) electrons. The number of nitrogens with one attached hydrogen (secondary N) is 7. The second-order valence-corrected chi connectivity index (χ2v) is 29.2. The maximum Gasteiger partial charge on any atom is 0.404 e. The number of imidazole rings is 1. The van der Waals surface area contributed by atoms with Crippen LogP contribution in [0.15, 0.2) is 23.3 Å². The molecule has 0 bridgehead atoms. The third-order valence-corrected chi connectivity index (χ3v) is 18.2. The summed E-state index contributed by atoms with van der Waals surface area (Å²) < 4.78 is 38.3. The summed E-state index contributed by atoms with van der Waals surface area (Å²) in [6.07, 6.45) is -16.7. The smallest absolute Gasteiger partial charge is 0.404 e. The molecule has 2 fully saturated rings. The average molecular weight is 1490 g/mol. The average Bonchev–Trinajstić information content (AvgIpc) is 0.856. The van der Waals surface area contributed by atoms with Crippen molar-refractivity contribution in [1.29, 1.82) is 0 Å². The van der Waals surface area contributed by atoms with Gasteiger partial charge < -0.3 is 135 Å². The maximum absolute atomic E-state index is 15.2. The molecule has 19 atom stereocenters. The summed E-state index contributed by atoms with van der Waals surface area (Å²) >= 11 is 1.91. The van der Waals surface area contributed by atoms with Crippen molar-refractivity contribution in [2.24, 2.45) is 28.9 Å². The summed E-state index contributed by atoms with van der Waals surface area (Å²) in [7, 11) is 0.254. The molecule has 6 rings (SSSR count). The van der Waals surface area contributed by atoms with Crippen LogP contribution in [-0.4, -0.2) is 284 Å². The summed E-state index contributed by atoms with van der Waals surface area (Å²) in [5.41, 5.74) is 28.1. The lowest BCUT2D eigenvalue weighted by Crippen LogP contribution is -2.65. The van der Waals surface area contributed by atoms with Crippen LogP contribution in [0.5, 0.6) is 0 Å². The summed E-state index contributed by atoms with van der Waals surface area (Å²) in [6, 6.07) is -7.85. The number of hydrogen-bond donors (Lipinski definition) is 20. The molecule has 2 aliphatic heterocycles. The highest BCUT2D eigenvalue weighted by molar-refractivity contribution is 7.95. The molecule has 43 heteroatoms. The van der Waals surface area contributed by atoms with Crippen LogP contribution >= 0.6 is 22.7 Å². The Kier molecular flexibility index (Phi) is 33.0. The molecule has 6 heterocycles. The minimum absolute atomic E-state index is 0.00498. The Balaban J connectivity index is 0.00000438. The van der Waals surface area contributed by atoms with Crippen LogP contribution in [0.1, 0.15) is 88.8 Å².